The number of Topliss-reactive ketones (excluding diaryl/α,β-unsaturated/α-hetero) is 1. The molecule has 18 heavy (non-hydrogen) atoms. The van der Waals surface area contributed by atoms with Crippen LogP contribution in [0.4, 0.5) is 0 Å². The van der Waals surface area contributed by atoms with Crippen molar-refractivity contribution >= 4 is 23.5 Å². The molecule has 1 aliphatic carbocycles. The molecule has 1 heterocycles. The first-order valence-electron chi connectivity index (χ1n) is 5.61. The number of rotatable bonds is 1. The van der Waals surface area contributed by atoms with Crippen molar-refractivity contribution in [3.8, 4) is 0 Å². The minimum Gasteiger partial charge on any atom is -0.478 e. The molecule has 1 aromatic carbocycles. The maximum atomic E-state index is 12.0. The van der Waals surface area contributed by atoms with Gasteiger partial charge < -0.3 is 5.11 Å². The van der Waals surface area contributed by atoms with E-state index in [2.05, 4.69) is 0 Å². The van der Waals surface area contributed by atoms with E-state index in [0.29, 0.717) is 6.42 Å². The van der Waals surface area contributed by atoms with Gasteiger partial charge in [0, 0.05) is 33.8 Å². The first-order valence-corrected chi connectivity index (χ1v) is 6.43. The highest BCUT2D eigenvalue weighted by Crippen LogP contribution is 2.42. The minimum atomic E-state index is -1.01. The first kappa shape index (κ1) is 11.3. The predicted octanol–water partition coefficient (Wildman–Crippen LogP) is 2.57. The fourth-order valence-electron chi connectivity index (χ4n) is 2.19. The average molecular weight is 258 g/mol. The van der Waals surface area contributed by atoms with Crippen LogP contribution in [0.5, 0.6) is 0 Å². The second kappa shape index (κ2) is 4.14. The highest BCUT2D eigenvalue weighted by molar-refractivity contribution is 8.03. The summed E-state index contributed by atoms with van der Waals surface area (Å²) in [6.07, 6.45) is 2.26. The van der Waals surface area contributed by atoms with Crippen LogP contribution in [0.2, 0.25) is 0 Å². The van der Waals surface area contributed by atoms with Crippen molar-refractivity contribution in [3.05, 3.63) is 52.0 Å². The Hall–Kier alpha value is -1.81. The van der Waals surface area contributed by atoms with Crippen LogP contribution < -0.4 is 0 Å². The number of allylic oxidation sites excluding steroid dienone is 2. The summed E-state index contributed by atoms with van der Waals surface area (Å²) in [7, 11) is 0. The van der Waals surface area contributed by atoms with Crippen molar-refractivity contribution < 1.29 is 14.7 Å². The van der Waals surface area contributed by atoms with Crippen LogP contribution in [-0.4, -0.2) is 16.9 Å². The molecule has 0 spiro atoms. The van der Waals surface area contributed by atoms with Gasteiger partial charge >= 0.3 is 5.97 Å². The van der Waals surface area contributed by atoms with Crippen molar-refractivity contribution in [2.75, 3.05) is 0 Å². The van der Waals surface area contributed by atoms with Gasteiger partial charge in [0.05, 0.1) is 0 Å². The Balaban J connectivity index is 2.05. The molecule has 2 aliphatic rings. The lowest BCUT2D eigenvalue weighted by Crippen LogP contribution is -2.18. The molecular formula is C14H10O3S. The van der Waals surface area contributed by atoms with Crippen molar-refractivity contribution in [2.45, 2.75) is 17.7 Å². The highest BCUT2D eigenvalue weighted by Gasteiger charge is 2.28. The Morgan fingerprint density at radius 2 is 2.00 bits per heavy atom. The number of carboxylic acid groups (broad SMARTS) is 1. The van der Waals surface area contributed by atoms with Gasteiger partial charge in [0.25, 0.3) is 0 Å². The molecule has 1 aliphatic heterocycles. The van der Waals surface area contributed by atoms with Crippen LogP contribution in [0.1, 0.15) is 12.0 Å². The van der Waals surface area contributed by atoms with Gasteiger partial charge in [-0.15, -0.1) is 0 Å². The summed E-state index contributed by atoms with van der Waals surface area (Å²) in [6.45, 7) is 0. The molecule has 1 N–H and O–H groups in total. The normalized spacial score (nSPS) is 18.0. The molecule has 0 unspecified atom stereocenters. The van der Waals surface area contributed by atoms with Gasteiger partial charge in [0.1, 0.15) is 0 Å². The van der Waals surface area contributed by atoms with Crippen LogP contribution in [0.3, 0.4) is 0 Å². The van der Waals surface area contributed by atoms with Crippen LogP contribution in [-0.2, 0) is 16.0 Å². The van der Waals surface area contributed by atoms with Gasteiger partial charge in [-0.1, -0.05) is 30.0 Å². The summed E-state index contributed by atoms with van der Waals surface area (Å²) < 4.78 is 0. The lowest BCUT2D eigenvalue weighted by atomic mass is 9.92. The number of carbonyl (C=O) groups is 2. The van der Waals surface area contributed by atoms with E-state index in [9.17, 15) is 9.59 Å². The second-order valence-corrected chi connectivity index (χ2v) is 5.39. The lowest BCUT2D eigenvalue weighted by Gasteiger charge is -2.23. The summed E-state index contributed by atoms with van der Waals surface area (Å²) >= 11 is 1.48. The van der Waals surface area contributed by atoms with Gasteiger partial charge in [-0.3, -0.25) is 4.79 Å². The molecule has 0 saturated carbocycles. The number of aliphatic carboxylic acids is 1. The summed E-state index contributed by atoms with van der Waals surface area (Å²) in [5, 5.41) is 8.99. The Kier molecular flexibility index (Phi) is 2.59. The number of ketones is 1. The van der Waals surface area contributed by atoms with E-state index in [1.54, 1.807) is 6.08 Å². The largest absolute Gasteiger partial charge is 0.478 e. The van der Waals surface area contributed by atoms with Crippen LogP contribution in [0, 0.1) is 0 Å². The van der Waals surface area contributed by atoms with E-state index >= 15 is 0 Å². The van der Waals surface area contributed by atoms with E-state index < -0.39 is 5.97 Å². The molecule has 0 bridgehead atoms. The Labute approximate surface area is 108 Å². The number of hydrogen-bond acceptors (Lipinski definition) is 3. The summed E-state index contributed by atoms with van der Waals surface area (Å²) in [6, 6.07) is 7.91. The third-order valence-corrected chi connectivity index (χ3v) is 4.33. The van der Waals surface area contributed by atoms with Crippen molar-refractivity contribution in [1.29, 1.82) is 0 Å². The SMILES string of the molecule is O=C(O)C1=CC2=C(Cc3ccccc3S2)C(=O)C1. The van der Waals surface area contributed by atoms with Gasteiger partial charge in [-0.25, -0.2) is 4.79 Å². The number of hydrogen-bond donors (Lipinski definition) is 1. The second-order valence-electron chi connectivity index (χ2n) is 4.30. The van der Waals surface area contributed by atoms with Gasteiger partial charge in [-0.2, -0.15) is 0 Å². The molecule has 0 fully saturated rings. The summed E-state index contributed by atoms with van der Waals surface area (Å²) in [4.78, 5) is 24.8. The van der Waals surface area contributed by atoms with Crippen LogP contribution in [0.15, 0.2) is 51.3 Å². The number of fused-ring (bicyclic) bond motifs is 1. The van der Waals surface area contributed by atoms with E-state index in [1.807, 2.05) is 24.3 Å². The fourth-order valence-corrected chi connectivity index (χ4v) is 3.35. The Morgan fingerprint density at radius 3 is 2.78 bits per heavy atom. The topological polar surface area (TPSA) is 54.4 Å². The number of thioether (sulfide) groups is 1. The van der Waals surface area contributed by atoms with Crippen molar-refractivity contribution in [3.63, 3.8) is 0 Å². The summed E-state index contributed by atoms with van der Waals surface area (Å²) in [5.41, 5.74) is 2.08. The molecule has 0 amide bonds. The maximum absolute atomic E-state index is 12.0. The lowest BCUT2D eigenvalue weighted by molar-refractivity contribution is -0.133. The van der Waals surface area contributed by atoms with Crippen LogP contribution in [0.25, 0.3) is 0 Å². The molecular weight excluding hydrogens is 248 g/mol. The van der Waals surface area contributed by atoms with E-state index in [1.165, 1.54) is 11.8 Å². The molecule has 3 rings (SSSR count). The smallest absolute Gasteiger partial charge is 0.332 e. The van der Waals surface area contributed by atoms with Gasteiger partial charge in [0.15, 0.2) is 5.78 Å². The quantitative estimate of drug-likeness (QED) is 0.841. The molecule has 0 radical (unpaired) electrons. The molecule has 3 nitrogen and oxygen atoms in total. The standard InChI is InChI=1S/C14H10O3S/c15-11-6-9(14(16)17)7-13-10(11)5-8-3-1-2-4-12(8)18-13/h1-4,7H,5-6H2,(H,16,17). The fraction of sp³-hybridized carbons (Fsp3) is 0.143. The molecule has 4 heteroatoms. The Morgan fingerprint density at radius 1 is 1.22 bits per heavy atom. The zero-order chi connectivity index (χ0) is 12.7. The minimum absolute atomic E-state index is 0.0108. The predicted molar refractivity (Wildman–Crippen MR) is 68.4 cm³/mol. The number of benzene rings is 1. The highest BCUT2D eigenvalue weighted by atomic mass is 32.2. The van der Waals surface area contributed by atoms with Gasteiger partial charge in [0.2, 0.25) is 0 Å². The molecule has 0 aromatic heterocycles. The van der Waals surface area contributed by atoms with E-state index in [4.69, 9.17) is 5.11 Å². The van der Waals surface area contributed by atoms with E-state index in [0.717, 1.165) is 20.9 Å². The third-order valence-electron chi connectivity index (χ3n) is 3.12. The van der Waals surface area contributed by atoms with Crippen molar-refractivity contribution in [2.24, 2.45) is 0 Å². The monoisotopic (exact) mass is 258 g/mol. The number of carbonyl (C=O) groups excluding carboxylic acids is 1. The Bertz CT molecular complexity index is 626. The average Bonchev–Trinajstić information content (AvgIpc) is 2.36. The van der Waals surface area contributed by atoms with Crippen molar-refractivity contribution in [1.82, 2.24) is 0 Å². The van der Waals surface area contributed by atoms with Gasteiger partial charge in [-0.05, 0) is 17.7 Å². The first-order chi connectivity index (χ1) is 8.65. The van der Waals surface area contributed by atoms with E-state index in [-0.39, 0.29) is 17.8 Å². The zero-order valence-electron chi connectivity index (χ0n) is 9.47. The summed E-state index contributed by atoms with van der Waals surface area (Å²) in [5.74, 6) is -1.07. The number of carboxylic acids is 1. The zero-order valence-corrected chi connectivity index (χ0v) is 10.3. The molecule has 0 saturated heterocycles. The third kappa shape index (κ3) is 1.78. The molecule has 90 valence electrons. The maximum Gasteiger partial charge on any atom is 0.332 e. The molecule has 0 atom stereocenters. The molecule has 1 aromatic rings. The van der Waals surface area contributed by atoms with Crippen LogP contribution >= 0.6 is 11.8 Å².